The van der Waals surface area contributed by atoms with E-state index in [4.69, 9.17) is 0 Å². The van der Waals surface area contributed by atoms with Crippen LogP contribution in [0.5, 0.6) is 0 Å². The van der Waals surface area contributed by atoms with E-state index in [9.17, 15) is 0 Å². The highest BCUT2D eigenvalue weighted by Crippen LogP contribution is 2.35. The lowest BCUT2D eigenvalue weighted by Crippen LogP contribution is -2.39. The Balaban J connectivity index is 1.78. The van der Waals surface area contributed by atoms with Crippen molar-refractivity contribution in [2.75, 3.05) is 6.54 Å². The van der Waals surface area contributed by atoms with Gasteiger partial charge in [-0.25, -0.2) is 0 Å². The lowest BCUT2D eigenvalue weighted by Gasteiger charge is -2.31. The van der Waals surface area contributed by atoms with E-state index in [1.165, 1.54) is 32.2 Å². The Kier molecular flexibility index (Phi) is 4.45. The number of hydrogen-bond acceptors (Lipinski definition) is 1. The molecule has 1 heteroatoms. The first-order valence-corrected chi connectivity index (χ1v) is 7.34. The van der Waals surface area contributed by atoms with E-state index >= 15 is 0 Å². The molecule has 1 saturated carbocycles. The van der Waals surface area contributed by atoms with Gasteiger partial charge in [-0.05, 0) is 70.4 Å². The van der Waals surface area contributed by atoms with E-state index in [0.29, 0.717) is 0 Å². The first-order chi connectivity index (χ1) is 8.54. The molecule has 0 unspecified atom stereocenters. The highest BCUT2D eigenvalue weighted by molar-refractivity contribution is 5.19. The van der Waals surface area contributed by atoms with Gasteiger partial charge in [0.05, 0.1) is 0 Å². The van der Waals surface area contributed by atoms with Crippen molar-refractivity contribution < 1.29 is 0 Å². The van der Waals surface area contributed by atoms with E-state index in [0.717, 1.165) is 11.8 Å². The summed E-state index contributed by atoms with van der Waals surface area (Å²) >= 11 is 0. The van der Waals surface area contributed by atoms with Crippen molar-refractivity contribution in [2.24, 2.45) is 5.92 Å². The normalized spacial score (nSPS) is 25.1. The summed E-state index contributed by atoms with van der Waals surface area (Å²) in [4.78, 5) is 0. The SMILES string of the molecule is CC(C)(C)NCC1CCC(c2ccccc2)CC1. The molecule has 100 valence electrons. The Bertz CT molecular complexity index is 342. The molecule has 1 aromatic carbocycles. The minimum absolute atomic E-state index is 0.260. The van der Waals surface area contributed by atoms with Crippen LogP contribution in [0.25, 0.3) is 0 Å². The van der Waals surface area contributed by atoms with Crippen molar-refractivity contribution in [3.63, 3.8) is 0 Å². The molecule has 0 aromatic heterocycles. The fourth-order valence-corrected chi connectivity index (χ4v) is 2.88. The average Bonchev–Trinajstić information content (AvgIpc) is 2.37. The molecule has 0 atom stereocenters. The molecule has 0 bridgehead atoms. The monoisotopic (exact) mass is 245 g/mol. The van der Waals surface area contributed by atoms with Crippen LogP contribution in [-0.4, -0.2) is 12.1 Å². The molecular formula is C17H27N. The molecule has 0 amide bonds. The van der Waals surface area contributed by atoms with E-state index in [1.807, 2.05) is 0 Å². The summed E-state index contributed by atoms with van der Waals surface area (Å²) in [5.41, 5.74) is 1.80. The maximum absolute atomic E-state index is 3.65. The predicted molar refractivity (Wildman–Crippen MR) is 78.9 cm³/mol. The predicted octanol–water partition coefficient (Wildman–Crippen LogP) is 4.35. The summed E-state index contributed by atoms with van der Waals surface area (Å²) in [6.07, 6.45) is 5.48. The largest absolute Gasteiger partial charge is 0.312 e. The standard InChI is InChI=1S/C17H27N/c1-17(2,3)18-13-14-9-11-16(12-10-14)15-7-5-4-6-8-15/h4-8,14,16,18H,9-13H2,1-3H3. The quantitative estimate of drug-likeness (QED) is 0.835. The Morgan fingerprint density at radius 2 is 1.61 bits per heavy atom. The van der Waals surface area contributed by atoms with E-state index in [-0.39, 0.29) is 5.54 Å². The second-order valence-electron chi connectivity index (χ2n) is 6.76. The lowest BCUT2D eigenvalue weighted by molar-refractivity contribution is 0.286. The topological polar surface area (TPSA) is 12.0 Å². The third-order valence-corrected chi connectivity index (χ3v) is 4.04. The Hall–Kier alpha value is -0.820. The Labute approximate surface area is 112 Å². The minimum Gasteiger partial charge on any atom is -0.312 e. The van der Waals surface area contributed by atoms with Crippen molar-refractivity contribution in [3.05, 3.63) is 35.9 Å². The fraction of sp³-hybridized carbons (Fsp3) is 0.647. The third-order valence-electron chi connectivity index (χ3n) is 4.04. The Morgan fingerprint density at radius 1 is 1.00 bits per heavy atom. The summed E-state index contributed by atoms with van der Waals surface area (Å²) in [6.45, 7) is 7.94. The first kappa shape index (κ1) is 13.6. The molecule has 0 radical (unpaired) electrons. The lowest BCUT2D eigenvalue weighted by atomic mass is 9.78. The van der Waals surface area contributed by atoms with Gasteiger partial charge < -0.3 is 5.32 Å². The summed E-state index contributed by atoms with van der Waals surface area (Å²) in [6, 6.07) is 11.0. The van der Waals surface area contributed by atoms with Gasteiger partial charge in [-0.15, -0.1) is 0 Å². The maximum Gasteiger partial charge on any atom is 0.00966 e. The number of benzene rings is 1. The van der Waals surface area contributed by atoms with E-state index < -0.39 is 0 Å². The van der Waals surface area contributed by atoms with Gasteiger partial charge in [0, 0.05) is 5.54 Å². The van der Waals surface area contributed by atoms with Crippen LogP contribution < -0.4 is 5.32 Å². The van der Waals surface area contributed by atoms with Gasteiger partial charge in [-0.2, -0.15) is 0 Å². The van der Waals surface area contributed by atoms with Crippen molar-refractivity contribution in [1.29, 1.82) is 0 Å². The fourth-order valence-electron chi connectivity index (χ4n) is 2.88. The van der Waals surface area contributed by atoms with Crippen LogP contribution in [0, 0.1) is 5.92 Å². The van der Waals surface area contributed by atoms with Gasteiger partial charge in [0.1, 0.15) is 0 Å². The highest BCUT2D eigenvalue weighted by atomic mass is 14.9. The molecule has 18 heavy (non-hydrogen) atoms. The van der Waals surface area contributed by atoms with Crippen molar-refractivity contribution >= 4 is 0 Å². The first-order valence-electron chi connectivity index (χ1n) is 7.34. The van der Waals surface area contributed by atoms with E-state index in [1.54, 1.807) is 5.56 Å². The van der Waals surface area contributed by atoms with E-state index in [2.05, 4.69) is 56.4 Å². The summed E-state index contributed by atoms with van der Waals surface area (Å²) < 4.78 is 0. The molecule has 1 nitrogen and oxygen atoms in total. The van der Waals surface area contributed by atoms with Crippen LogP contribution in [-0.2, 0) is 0 Å². The van der Waals surface area contributed by atoms with Crippen LogP contribution >= 0.6 is 0 Å². The molecule has 0 spiro atoms. The smallest absolute Gasteiger partial charge is 0.00966 e. The van der Waals surface area contributed by atoms with Gasteiger partial charge in [-0.1, -0.05) is 30.3 Å². The van der Waals surface area contributed by atoms with Crippen molar-refractivity contribution in [3.8, 4) is 0 Å². The van der Waals surface area contributed by atoms with Crippen LogP contribution in [0.2, 0.25) is 0 Å². The van der Waals surface area contributed by atoms with Crippen LogP contribution in [0.4, 0.5) is 0 Å². The summed E-state index contributed by atoms with van der Waals surface area (Å²) in [5, 5.41) is 3.65. The Morgan fingerprint density at radius 3 is 2.17 bits per heavy atom. The second-order valence-corrected chi connectivity index (χ2v) is 6.76. The molecule has 1 aromatic rings. The third kappa shape index (κ3) is 4.13. The van der Waals surface area contributed by atoms with Crippen molar-refractivity contribution in [1.82, 2.24) is 5.32 Å². The van der Waals surface area contributed by atoms with Gasteiger partial charge in [0.15, 0.2) is 0 Å². The van der Waals surface area contributed by atoms with Crippen LogP contribution in [0.3, 0.4) is 0 Å². The molecule has 2 rings (SSSR count). The van der Waals surface area contributed by atoms with Crippen molar-refractivity contribution in [2.45, 2.75) is 57.9 Å². The molecule has 1 fully saturated rings. The molecular weight excluding hydrogens is 218 g/mol. The molecule has 0 aliphatic heterocycles. The number of hydrogen-bond donors (Lipinski definition) is 1. The average molecular weight is 245 g/mol. The number of nitrogens with one attached hydrogen (secondary N) is 1. The van der Waals surface area contributed by atoms with Gasteiger partial charge in [-0.3, -0.25) is 0 Å². The maximum atomic E-state index is 3.65. The zero-order chi connectivity index (χ0) is 13.0. The summed E-state index contributed by atoms with van der Waals surface area (Å²) in [5.74, 6) is 1.68. The summed E-state index contributed by atoms with van der Waals surface area (Å²) in [7, 11) is 0. The minimum atomic E-state index is 0.260. The van der Waals surface area contributed by atoms with Crippen LogP contribution in [0.15, 0.2) is 30.3 Å². The zero-order valence-electron chi connectivity index (χ0n) is 12.1. The molecule has 0 heterocycles. The van der Waals surface area contributed by atoms with Gasteiger partial charge in [0.25, 0.3) is 0 Å². The van der Waals surface area contributed by atoms with Gasteiger partial charge >= 0.3 is 0 Å². The van der Waals surface area contributed by atoms with Gasteiger partial charge in [0.2, 0.25) is 0 Å². The molecule has 1 aliphatic rings. The molecule has 1 aliphatic carbocycles. The number of rotatable bonds is 3. The second kappa shape index (κ2) is 5.88. The van der Waals surface area contributed by atoms with Crippen LogP contribution in [0.1, 0.15) is 57.9 Å². The zero-order valence-corrected chi connectivity index (χ0v) is 12.1. The molecule has 0 saturated heterocycles. The highest BCUT2D eigenvalue weighted by Gasteiger charge is 2.23. The molecule has 1 N–H and O–H groups in total.